The number of halogens is 4. The molecule has 0 atom stereocenters. The van der Waals surface area contributed by atoms with Crippen molar-refractivity contribution in [3.05, 3.63) is 70.3 Å². The van der Waals surface area contributed by atoms with E-state index in [0.29, 0.717) is 0 Å². The van der Waals surface area contributed by atoms with Gasteiger partial charge in [-0.25, -0.2) is 17.6 Å². The molecule has 0 saturated heterocycles. The lowest BCUT2D eigenvalue weighted by Gasteiger charge is -2.01. The molecule has 2 aromatic carbocycles. The Hall–Kier alpha value is -2.50. The van der Waals surface area contributed by atoms with Crippen LogP contribution in [0.4, 0.5) is 17.6 Å². The minimum absolute atomic E-state index is 0.0129. The van der Waals surface area contributed by atoms with Crippen LogP contribution in [0.5, 0.6) is 0 Å². The van der Waals surface area contributed by atoms with Crippen LogP contribution >= 0.6 is 0 Å². The second-order valence-electron chi connectivity index (χ2n) is 5.25. The van der Waals surface area contributed by atoms with E-state index in [-0.39, 0.29) is 11.1 Å². The van der Waals surface area contributed by atoms with Crippen molar-refractivity contribution < 1.29 is 17.6 Å². The van der Waals surface area contributed by atoms with Crippen molar-refractivity contribution in [2.45, 2.75) is 26.2 Å². The Balaban J connectivity index is 2.06. The van der Waals surface area contributed by atoms with E-state index in [1.54, 1.807) is 6.07 Å². The largest absolute Gasteiger partial charge is 0.206 e. The topological polar surface area (TPSA) is 24.7 Å². The first-order valence-electron chi connectivity index (χ1n) is 7.50. The molecule has 0 aliphatic heterocycles. The molecule has 0 saturated carbocycles. The second-order valence-corrected chi connectivity index (χ2v) is 5.25. The molecule has 0 radical (unpaired) electrons. The lowest BCUT2D eigenvalue weighted by molar-refractivity contribution is 0.447. The second kappa shape index (κ2) is 8.38. The number of hydrogen-bond donors (Lipinski definition) is 0. The average Bonchev–Trinajstić information content (AvgIpc) is 2.56. The Labute approximate surface area is 137 Å². The van der Waals surface area contributed by atoms with Crippen LogP contribution in [0.1, 0.15) is 36.5 Å². The zero-order chi connectivity index (χ0) is 17.5. The molecule has 6 heteroatoms. The van der Waals surface area contributed by atoms with Gasteiger partial charge in [-0.15, -0.1) is 0 Å². The van der Waals surface area contributed by atoms with Crippen molar-refractivity contribution >= 4 is 12.4 Å². The molecule has 0 aromatic heterocycles. The molecular formula is C18H16F4N2. The molecule has 0 aliphatic rings. The molecule has 2 aromatic rings. The van der Waals surface area contributed by atoms with Gasteiger partial charge in [0.1, 0.15) is 5.82 Å². The van der Waals surface area contributed by atoms with Gasteiger partial charge in [-0.1, -0.05) is 25.5 Å². The minimum atomic E-state index is -1.54. The van der Waals surface area contributed by atoms with Gasteiger partial charge in [0.15, 0.2) is 17.5 Å². The Bertz CT molecular complexity index is 747. The first-order valence-corrected chi connectivity index (χ1v) is 7.50. The van der Waals surface area contributed by atoms with Crippen molar-refractivity contribution in [1.29, 1.82) is 0 Å². The SMILES string of the molecule is CCCCc1ccc(C=NN=Cc2cc(F)c(F)c(F)c2)c(F)c1. The van der Waals surface area contributed by atoms with E-state index in [0.717, 1.165) is 43.2 Å². The first-order chi connectivity index (χ1) is 11.5. The Morgan fingerprint density at radius 3 is 2.17 bits per heavy atom. The number of hydrogen-bond acceptors (Lipinski definition) is 2. The van der Waals surface area contributed by atoms with Crippen LogP contribution in [0, 0.1) is 23.3 Å². The summed E-state index contributed by atoms with van der Waals surface area (Å²) < 4.78 is 52.8. The summed E-state index contributed by atoms with van der Waals surface area (Å²) in [5.74, 6) is -4.58. The van der Waals surface area contributed by atoms with Crippen LogP contribution in [0.25, 0.3) is 0 Å². The normalized spacial score (nSPS) is 11.7. The predicted molar refractivity (Wildman–Crippen MR) is 86.5 cm³/mol. The number of aryl methyl sites for hydroxylation is 1. The summed E-state index contributed by atoms with van der Waals surface area (Å²) in [7, 11) is 0. The Morgan fingerprint density at radius 2 is 1.54 bits per heavy atom. The maximum absolute atomic E-state index is 13.9. The standard InChI is InChI=1S/C18H16F4N2/c1-2-3-4-12-5-6-14(15(19)7-12)11-24-23-10-13-8-16(20)18(22)17(21)9-13/h5-11H,2-4H2,1H3. The number of rotatable bonds is 6. The third-order valence-corrected chi connectivity index (χ3v) is 3.36. The van der Waals surface area contributed by atoms with Crippen LogP contribution < -0.4 is 0 Å². The van der Waals surface area contributed by atoms with E-state index in [4.69, 9.17) is 0 Å². The molecule has 0 spiro atoms. The highest BCUT2D eigenvalue weighted by Crippen LogP contribution is 2.13. The van der Waals surface area contributed by atoms with Gasteiger partial charge in [0.25, 0.3) is 0 Å². The van der Waals surface area contributed by atoms with Crippen LogP contribution in [0.3, 0.4) is 0 Å². The van der Waals surface area contributed by atoms with E-state index in [1.165, 1.54) is 12.3 Å². The molecule has 126 valence electrons. The molecule has 0 unspecified atom stereocenters. The summed E-state index contributed by atoms with van der Waals surface area (Å²) in [6, 6.07) is 6.44. The van der Waals surface area contributed by atoms with Gasteiger partial charge in [-0.2, -0.15) is 10.2 Å². The molecule has 24 heavy (non-hydrogen) atoms. The van der Waals surface area contributed by atoms with E-state index in [9.17, 15) is 17.6 Å². The van der Waals surface area contributed by atoms with Gasteiger partial charge in [0.05, 0.1) is 12.4 Å². The molecule has 0 fully saturated rings. The van der Waals surface area contributed by atoms with E-state index < -0.39 is 23.3 Å². The van der Waals surface area contributed by atoms with Crippen LogP contribution in [0.15, 0.2) is 40.5 Å². The van der Waals surface area contributed by atoms with Crippen molar-refractivity contribution in [2.24, 2.45) is 10.2 Å². The molecular weight excluding hydrogens is 320 g/mol. The predicted octanol–water partition coefficient (Wildman–Crippen LogP) is 5.04. The quantitative estimate of drug-likeness (QED) is 0.306. The molecule has 2 rings (SSSR count). The summed E-state index contributed by atoms with van der Waals surface area (Å²) in [5, 5.41) is 7.22. The van der Waals surface area contributed by atoms with Gasteiger partial charge in [0.2, 0.25) is 0 Å². The number of benzene rings is 2. The molecule has 0 bridgehead atoms. The lowest BCUT2D eigenvalue weighted by Crippen LogP contribution is -1.94. The first kappa shape index (κ1) is 17.8. The summed E-state index contributed by atoms with van der Waals surface area (Å²) in [6.07, 6.45) is 5.08. The van der Waals surface area contributed by atoms with E-state index >= 15 is 0 Å². The van der Waals surface area contributed by atoms with Crippen molar-refractivity contribution in [2.75, 3.05) is 0 Å². The minimum Gasteiger partial charge on any atom is -0.206 e. The van der Waals surface area contributed by atoms with Crippen molar-refractivity contribution in [1.82, 2.24) is 0 Å². The van der Waals surface area contributed by atoms with Gasteiger partial charge in [-0.05, 0) is 36.6 Å². The van der Waals surface area contributed by atoms with Crippen molar-refractivity contribution in [3.63, 3.8) is 0 Å². The maximum atomic E-state index is 13.9. The van der Waals surface area contributed by atoms with Gasteiger partial charge < -0.3 is 0 Å². The Kier molecular flexibility index (Phi) is 6.23. The third kappa shape index (κ3) is 4.75. The summed E-state index contributed by atoms with van der Waals surface area (Å²) >= 11 is 0. The molecule has 0 heterocycles. The van der Waals surface area contributed by atoms with Gasteiger partial charge in [0, 0.05) is 11.1 Å². The smallest absolute Gasteiger partial charge is 0.194 e. The van der Waals surface area contributed by atoms with Gasteiger partial charge >= 0.3 is 0 Å². The maximum Gasteiger partial charge on any atom is 0.194 e. The molecule has 0 aliphatic carbocycles. The fraction of sp³-hybridized carbons (Fsp3) is 0.222. The zero-order valence-electron chi connectivity index (χ0n) is 13.1. The fourth-order valence-electron chi connectivity index (χ4n) is 2.06. The number of nitrogens with zero attached hydrogens (tertiary/aromatic N) is 2. The third-order valence-electron chi connectivity index (χ3n) is 3.36. The van der Waals surface area contributed by atoms with Crippen LogP contribution in [-0.2, 0) is 6.42 Å². The van der Waals surface area contributed by atoms with E-state index in [2.05, 4.69) is 17.1 Å². The van der Waals surface area contributed by atoms with E-state index in [1.807, 2.05) is 6.07 Å². The molecule has 2 nitrogen and oxygen atoms in total. The summed E-state index contributed by atoms with van der Waals surface area (Å²) in [5.41, 5.74) is 1.18. The van der Waals surface area contributed by atoms with Gasteiger partial charge in [-0.3, -0.25) is 0 Å². The highest BCUT2D eigenvalue weighted by molar-refractivity contribution is 5.82. The number of unbranched alkanes of at least 4 members (excludes halogenated alkanes) is 1. The molecule has 0 amide bonds. The highest BCUT2D eigenvalue weighted by atomic mass is 19.2. The monoisotopic (exact) mass is 336 g/mol. The zero-order valence-corrected chi connectivity index (χ0v) is 13.1. The van der Waals surface area contributed by atoms with Crippen molar-refractivity contribution in [3.8, 4) is 0 Å². The Morgan fingerprint density at radius 1 is 0.875 bits per heavy atom. The average molecular weight is 336 g/mol. The lowest BCUT2D eigenvalue weighted by atomic mass is 10.1. The summed E-state index contributed by atoms with van der Waals surface area (Å²) in [6.45, 7) is 2.06. The highest BCUT2D eigenvalue weighted by Gasteiger charge is 2.09. The van der Waals surface area contributed by atoms with Crippen LogP contribution in [0.2, 0.25) is 0 Å². The molecule has 0 N–H and O–H groups in total. The van der Waals surface area contributed by atoms with Crippen LogP contribution in [-0.4, -0.2) is 12.4 Å². The summed E-state index contributed by atoms with van der Waals surface area (Å²) in [4.78, 5) is 0. The fourth-order valence-corrected chi connectivity index (χ4v) is 2.06.